The molecule has 0 aromatic heterocycles. The Morgan fingerprint density at radius 1 is 0.963 bits per heavy atom. The number of nitrogens with zero attached hydrogens (tertiary/aromatic N) is 1. The van der Waals surface area contributed by atoms with Gasteiger partial charge in [-0.25, -0.2) is 0 Å². The number of rotatable bonds is 8. The SMILES string of the molecule is CCN(CC)c1ccc(NC(=O)CCNc2ccc3c(c2)OCCO3)cc1. The summed E-state index contributed by atoms with van der Waals surface area (Å²) in [4.78, 5) is 14.4. The van der Waals surface area contributed by atoms with Gasteiger partial charge in [0.05, 0.1) is 0 Å². The highest BCUT2D eigenvalue weighted by Gasteiger charge is 2.11. The molecule has 1 aliphatic rings. The fourth-order valence-electron chi connectivity index (χ4n) is 3.04. The van der Waals surface area contributed by atoms with Crippen LogP contribution in [-0.4, -0.2) is 38.8 Å². The van der Waals surface area contributed by atoms with Crippen molar-refractivity contribution in [3.05, 3.63) is 42.5 Å². The van der Waals surface area contributed by atoms with Gasteiger partial charge in [0.2, 0.25) is 5.91 Å². The number of carbonyl (C=O) groups is 1. The Balaban J connectivity index is 1.46. The second kappa shape index (κ2) is 9.16. The normalized spacial score (nSPS) is 12.4. The van der Waals surface area contributed by atoms with E-state index in [-0.39, 0.29) is 5.91 Å². The molecule has 3 rings (SSSR count). The Hall–Kier alpha value is -2.89. The predicted molar refractivity (Wildman–Crippen MR) is 109 cm³/mol. The van der Waals surface area contributed by atoms with E-state index >= 15 is 0 Å². The van der Waals surface area contributed by atoms with Crippen molar-refractivity contribution in [1.82, 2.24) is 0 Å². The zero-order valence-corrected chi connectivity index (χ0v) is 16.0. The molecule has 1 amide bonds. The van der Waals surface area contributed by atoms with Gasteiger partial charge in [-0.1, -0.05) is 0 Å². The first kappa shape index (κ1) is 18.9. The van der Waals surface area contributed by atoms with Gasteiger partial charge in [-0.3, -0.25) is 4.79 Å². The van der Waals surface area contributed by atoms with Gasteiger partial charge in [-0.15, -0.1) is 0 Å². The van der Waals surface area contributed by atoms with Gasteiger partial charge in [0, 0.05) is 49.2 Å². The molecule has 6 heteroatoms. The molecule has 144 valence electrons. The molecule has 0 saturated heterocycles. The van der Waals surface area contributed by atoms with Crippen LogP contribution in [0.1, 0.15) is 20.3 Å². The minimum atomic E-state index is -0.0179. The highest BCUT2D eigenvalue weighted by atomic mass is 16.6. The minimum Gasteiger partial charge on any atom is -0.486 e. The smallest absolute Gasteiger partial charge is 0.226 e. The van der Waals surface area contributed by atoms with Gasteiger partial charge in [-0.05, 0) is 50.2 Å². The number of carbonyl (C=O) groups excluding carboxylic acids is 1. The van der Waals surface area contributed by atoms with Crippen molar-refractivity contribution in [3.8, 4) is 11.5 Å². The Morgan fingerprint density at radius 2 is 1.63 bits per heavy atom. The number of ether oxygens (including phenoxy) is 2. The monoisotopic (exact) mass is 369 g/mol. The van der Waals surface area contributed by atoms with E-state index in [9.17, 15) is 4.79 Å². The number of amides is 1. The largest absolute Gasteiger partial charge is 0.486 e. The van der Waals surface area contributed by atoms with E-state index in [0.29, 0.717) is 26.2 Å². The van der Waals surface area contributed by atoms with Crippen molar-refractivity contribution in [2.45, 2.75) is 20.3 Å². The Bertz CT molecular complexity index is 758. The first-order chi connectivity index (χ1) is 13.2. The molecule has 6 nitrogen and oxygen atoms in total. The fraction of sp³-hybridized carbons (Fsp3) is 0.381. The summed E-state index contributed by atoms with van der Waals surface area (Å²) < 4.78 is 11.1. The number of hydrogen-bond acceptors (Lipinski definition) is 5. The van der Waals surface area contributed by atoms with Crippen LogP contribution in [0.25, 0.3) is 0 Å². The van der Waals surface area contributed by atoms with Crippen molar-refractivity contribution in [1.29, 1.82) is 0 Å². The van der Waals surface area contributed by atoms with E-state index in [1.807, 2.05) is 42.5 Å². The maximum absolute atomic E-state index is 12.2. The number of nitrogens with one attached hydrogen (secondary N) is 2. The van der Waals surface area contributed by atoms with Crippen LogP contribution in [0.2, 0.25) is 0 Å². The zero-order chi connectivity index (χ0) is 19.1. The van der Waals surface area contributed by atoms with Gasteiger partial charge in [0.25, 0.3) is 0 Å². The van der Waals surface area contributed by atoms with Crippen LogP contribution in [0.15, 0.2) is 42.5 Å². The summed E-state index contributed by atoms with van der Waals surface area (Å²) in [5.74, 6) is 1.48. The topological polar surface area (TPSA) is 62.8 Å². The molecule has 0 spiro atoms. The van der Waals surface area contributed by atoms with Crippen LogP contribution >= 0.6 is 0 Å². The number of benzene rings is 2. The third-order valence-electron chi connectivity index (χ3n) is 4.50. The molecule has 0 atom stereocenters. The maximum Gasteiger partial charge on any atom is 0.226 e. The average molecular weight is 369 g/mol. The van der Waals surface area contributed by atoms with Crippen molar-refractivity contribution in [3.63, 3.8) is 0 Å². The summed E-state index contributed by atoms with van der Waals surface area (Å²) in [5.41, 5.74) is 2.89. The molecule has 2 aromatic rings. The molecule has 0 unspecified atom stereocenters. The van der Waals surface area contributed by atoms with Gasteiger partial charge < -0.3 is 25.0 Å². The molecule has 0 aliphatic carbocycles. The lowest BCUT2D eigenvalue weighted by molar-refractivity contribution is -0.115. The zero-order valence-electron chi connectivity index (χ0n) is 16.0. The van der Waals surface area contributed by atoms with E-state index in [1.165, 1.54) is 5.69 Å². The summed E-state index contributed by atoms with van der Waals surface area (Å²) in [5, 5.41) is 6.19. The van der Waals surface area contributed by atoms with E-state index in [1.54, 1.807) is 0 Å². The summed E-state index contributed by atoms with van der Waals surface area (Å²) >= 11 is 0. The van der Waals surface area contributed by atoms with E-state index in [4.69, 9.17) is 9.47 Å². The molecule has 1 heterocycles. The number of fused-ring (bicyclic) bond motifs is 1. The summed E-state index contributed by atoms with van der Waals surface area (Å²) in [7, 11) is 0. The first-order valence-corrected chi connectivity index (χ1v) is 9.48. The van der Waals surface area contributed by atoms with Crippen LogP contribution in [0.5, 0.6) is 11.5 Å². The van der Waals surface area contributed by atoms with Crippen molar-refractivity contribution < 1.29 is 14.3 Å². The highest BCUT2D eigenvalue weighted by molar-refractivity contribution is 5.91. The molecule has 0 fully saturated rings. The number of hydrogen-bond donors (Lipinski definition) is 2. The quantitative estimate of drug-likeness (QED) is 0.742. The lowest BCUT2D eigenvalue weighted by Crippen LogP contribution is -2.21. The lowest BCUT2D eigenvalue weighted by Gasteiger charge is -2.21. The summed E-state index contributed by atoms with van der Waals surface area (Å²) in [6.45, 7) is 7.88. The van der Waals surface area contributed by atoms with Crippen LogP contribution in [0.3, 0.4) is 0 Å². The van der Waals surface area contributed by atoms with Crippen molar-refractivity contribution >= 4 is 23.0 Å². The van der Waals surface area contributed by atoms with Gasteiger partial charge in [0.15, 0.2) is 11.5 Å². The van der Waals surface area contributed by atoms with Crippen molar-refractivity contribution in [2.75, 3.05) is 48.4 Å². The van der Waals surface area contributed by atoms with Gasteiger partial charge in [0.1, 0.15) is 13.2 Å². The van der Waals surface area contributed by atoms with Crippen LogP contribution < -0.4 is 25.0 Å². The van der Waals surface area contributed by atoms with E-state index in [2.05, 4.69) is 29.4 Å². The molecule has 0 saturated carbocycles. The molecule has 1 aliphatic heterocycles. The molecule has 0 bridgehead atoms. The van der Waals surface area contributed by atoms with Crippen LogP contribution in [0.4, 0.5) is 17.1 Å². The molecule has 2 aromatic carbocycles. The second-order valence-corrected chi connectivity index (χ2v) is 6.30. The standard InChI is InChI=1S/C21H27N3O3/c1-3-24(4-2)18-8-5-16(6-9-18)23-21(25)11-12-22-17-7-10-19-20(15-17)27-14-13-26-19/h5-10,15,22H,3-4,11-14H2,1-2H3,(H,23,25). The van der Waals surface area contributed by atoms with Crippen molar-refractivity contribution in [2.24, 2.45) is 0 Å². The lowest BCUT2D eigenvalue weighted by atomic mass is 10.2. The Kier molecular flexibility index (Phi) is 6.41. The fourth-order valence-corrected chi connectivity index (χ4v) is 3.04. The first-order valence-electron chi connectivity index (χ1n) is 9.48. The Labute approximate surface area is 160 Å². The van der Waals surface area contributed by atoms with Gasteiger partial charge in [-0.2, -0.15) is 0 Å². The molecule has 2 N–H and O–H groups in total. The minimum absolute atomic E-state index is 0.0179. The van der Waals surface area contributed by atoms with Crippen LogP contribution in [-0.2, 0) is 4.79 Å². The summed E-state index contributed by atoms with van der Waals surface area (Å²) in [6, 6.07) is 13.7. The molecule has 27 heavy (non-hydrogen) atoms. The van der Waals surface area contributed by atoms with E-state index < -0.39 is 0 Å². The predicted octanol–water partition coefficient (Wildman–Crippen LogP) is 3.74. The maximum atomic E-state index is 12.2. The van der Waals surface area contributed by atoms with Crippen LogP contribution in [0, 0.1) is 0 Å². The second-order valence-electron chi connectivity index (χ2n) is 6.30. The third-order valence-corrected chi connectivity index (χ3v) is 4.50. The summed E-state index contributed by atoms with van der Waals surface area (Å²) in [6.07, 6.45) is 0.381. The molecule has 0 radical (unpaired) electrons. The Morgan fingerprint density at radius 3 is 2.33 bits per heavy atom. The van der Waals surface area contributed by atoms with E-state index in [0.717, 1.165) is 36.0 Å². The van der Waals surface area contributed by atoms with Gasteiger partial charge >= 0.3 is 0 Å². The average Bonchev–Trinajstić information content (AvgIpc) is 2.70. The molecular formula is C21H27N3O3. The third kappa shape index (κ3) is 5.06. The number of anilines is 3. The highest BCUT2D eigenvalue weighted by Crippen LogP contribution is 2.32. The molecular weight excluding hydrogens is 342 g/mol.